The van der Waals surface area contributed by atoms with Gasteiger partial charge in [-0.25, -0.2) is 0 Å². The van der Waals surface area contributed by atoms with Crippen LogP contribution in [0, 0.1) is 0 Å². The number of anilines is 2. The van der Waals surface area contributed by atoms with E-state index in [-0.39, 0.29) is 5.91 Å². The molecule has 24 heavy (non-hydrogen) atoms. The number of nitrogens with zero attached hydrogens (tertiary/aromatic N) is 1. The molecule has 1 heterocycles. The van der Waals surface area contributed by atoms with Crippen molar-refractivity contribution in [2.75, 3.05) is 29.6 Å². The highest BCUT2D eigenvalue weighted by molar-refractivity contribution is 7.97. The SMILES string of the molecule is CSCc1ccc(C(=O)Nc2ccccc2N2CCCCC2)cc1. The summed E-state index contributed by atoms with van der Waals surface area (Å²) < 4.78 is 0. The van der Waals surface area contributed by atoms with Crippen LogP contribution in [0.4, 0.5) is 11.4 Å². The predicted molar refractivity (Wildman–Crippen MR) is 104 cm³/mol. The fourth-order valence-electron chi connectivity index (χ4n) is 3.10. The number of nitrogens with one attached hydrogen (secondary N) is 1. The fraction of sp³-hybridized carbons (Fsp3) is 0.350. The van der Waals surface area contributed by atoms with E-state index in [0.29, 0.717) is 5.56 Å². The maximum Gasteiger partial charge on any atom is 0.255 e. The van der Waals surface area contributed by atoms with E-state index >= 15 is 0 Å². The van der Waals surface area contributed by atoms with Crippen LogP contribution < -0.4 is 10.2 Å². The average Bonchev–Trinajstić information content (AvgIpc) is 2.64. The van der Waals surface area contributed by atoms with Gasteiger partial charge >= 0.3 is 0 Å². The molecule has 126 valence electrons. The van der Waals surface area contributed by atoms with Gasteiger partial charge in [-0.3, -0.25) is 4.79 Å². The van der Waals surface area contributed by atoms with Gasteiger partial charge in [-0.15, -0.1) is 0 Å². The maximum atomic E-state index is 12.6. The van der Waals surface area contributed by atoms with Crippen LogP contribution in [0.5, 0.6) is 0 Å². The number of carbonyl (C=O) groups is 1. The lowest BCUT2D eigenvalue weighted by Crippen LogP contribution is -2.30. The summed E-state index contributed by atoms with van der Waals surface area (Å²) in [6, 6.07) is 16.0. The molecule has 3 nitrogen and oxygen atoms in total. The summed E-state index contributed by atoms with van der Waals surface area (Å²) in [5.74, 6) is 0.926. The molecule has 0 bridgehead atoms. The zero-order chi connectivity index (χ0) is 16.8. The van der Waals surface area contributed by atoms with E-state index in [9.17, 15) is 4.79 Å². The van der Waals surface area contributed by atoms with Crippen LogP contribution in [0.25, 0.3) is 0 Å². The first-order valence-corrected chi connectivity index (χ1v) is 9.90. The van der Waals surface area contributed by atoms with Gasteiger partial charge in [-0.05, 0) is 55.3 Å². The highest BCUT2D eigenvalue weighted by Crippen LogP contribution is 2.28. The summed E-state index contributed by atoms with van der Waals surface area (Å²) in [5, 5.41) is 3.09. The molecule has 0 unspecified atom stereocenters. The van der Waals surface area contributed by atoms with Crippen molar-refractivity contribution in [1.82, 2.24) is 0 Å². The number of piperidine rings is 1. The van der Waals surface area contributed by atoms with Crippen LogP contribution in [-0.2, 0) is 5.75 Å². The van der Waals surface area contributed by atoms with Crippen molar-refractivity contribution in [3.8, 4) is 0 Å². The zero-order valence-electron chi connectivity index (χ0n) is 14.1. The highest BCUT2D eigenvalue weighted by atomic mass is 32.2. The van der Waals surface area contributed by atoms with Crippen LogP contribution in [0.2, 0.25) is 0 Å². The summed E-state index contributed by atoms with van der Waals surface area (Å²) in [6.07, 6.45) is 5.82. The fourth-order valence-corrected chi connectivity index (χ4v) is 3.63. The third kappa shape index (κ3) is 4.12. The Balaban J connectivity index is 1.74. The van der Waals surface area contributed by atoms with Gasteiger partial charge in [0.15, 0.2) is 0 Å². The zero-order valence-corrected chi connectivity index (χ0v) is 14.9. The van der Waals surface area contributed by atoms with Crippen molar-refractivity contribution >= 4 is 29.0 Å². The van der Waals surface area contributed by atoms with E-state index in [1.165, 1.54) is 24.8 Å². The number of hydrogen-bond acceptors (Lipinski definition) is 3. The molecule has 3 rings (SSSR count). The van der Waals surface area contributed by atoms with Crippen molar-refractivity contribution in [3.05, 3.63) is 59.7 Å². The summed E-state index contributed by atoms with van der Waals surface area (Å²) >= 11 is 1.78. The van der Waals surface area contributed by atoms with Crippen LogP contribution in [0.1, 0.15) is 35.2 Å². The van der Waals surface area contributed by atoms with Gasteiger partial charge in [0.2, 0.25) is 0 Å². The Kier molecular flexibility index (Phi) is 5.81. The van der Waals surface area contributed by atoms with Gasteiger partial charge in [0.05, 0.1) is 11.4 Å². The Morgan fingerprint density at radius 1 is 1.04 bits per heavy atom. The van der Waals surface area contributed by atoms with Crippen molar-refractivity contribution in [3.63, 3.8) is 0 Å². The standard InChI is InChI=1S/C20H24N2OS/c1-24-15-16-9-11-17(12-10-16)20(23)21-18-7-3-4-8-19(18)22-13-5-2-6-14-22/h3-4,7-12H,2,5-6,13-15H2,1H3,(H,21,23). The molecule has 0 radical (unpaired) electrons. The molecule has 2 aromatic carbocycles. The lowest BCUT2D eigenvalue weighted by atomic mass is 10.1. The Bertz CT molecular complexity index is 678. The summed E-state index contributed by atoms with van der Waals surface area (Å²) in [5.41, 5.74) is 3.98. The summed E-state index contributed by atoms with van der Waals surface area (Å²) in [7, 11) is 0. The predicted octanol–water partition coefficient (Wildman–Crippen LogP) is 4.79. The molecule has 0 saturated carbocycles. The Morgan fingerprint density at radius 2 is 1.75 bits per heavy atom. The quantitative estimate of drug-likeness (QED) is 0.849. The number of hydrogen-bond donors (Lipinski definition) is 1. The van der Waals surface area contributed by atoms with Crippen LogP contribution in [0.15, 0.2) is 48.5 Å². The van der Waals surface area contributed by atoms with Gasteiger partial charge in [0.1, 0.15) is 0 Å². The van der Waals surface area contributed by atoms with Crippen LogP contribution in [0.3, 0.4) is 0 Å². The molecular weight excluding hydrogens is 316 g/mol. The molecule has 1 amide bonds. The van der Waals surface area contributed by atoms with Gasteiger partial charge in [0.25, 0.3) is 5.91 Å². The number of carbonyl (C=O) groups excluding carboxylic acids is 1. The first-order chi connectivity index (χ1) is 11.8. The second-order valence-electron chi connectivity index (χ2n) is 6.15. The van der Waals surface area contributed by atoms with E-state index in [0.717, 1.165) is 30.2 Å². The Morgan fingerprint density at radius 3 is 2.46 bits per heavy atom. The summed E-state index contributed by atoms with van der Waals surface area (Å²) in [4.78, 5) is 15.0. The molecule has 1 aliphatic heterocycles. The molecule has 2 aromatic rings. The number of rotatable bonds is 5. The van der Waals surface area contributed by atoms with E-state index in [1.807, 2.05) is 42.5 Å². The average molecular weight is 340 g/mol. The smallest absolute Gasteiger partial charge is 0.255 e. The van der Waals surface area contributed by atoms with E-state index in [4.69, 9.17) is 0 Å². The number of para-hydroxylation sites is 2. The minimum atomic E-state index is -0.0461. The molecular formula is C20H24N2OS. The second kappa shape index (κ2) is 8.25. The first kappa shape index (κ1) is 16.9. The van der Waals surface area contributed by atoms with Crippen molar-refractivity contribution in [2.45, 2.75) is 25.0 Å². The van der Waals surface area contributed by atoms with Crippen molar-refractivity contribution < 1.29 is 4.79 Å². The third-order valence-electron chi connectivity index (χ3n) is 4.38. The maximum absolute atomic E-state index is 12.6. The molecule has 1 saturated heterocycles. The minimum absolute atomic E-state index is 0.0461. The monoisotopic (exact) mass is 340 g/mol. The Hall–Kier alpha value is -1.94. The van der Waals surface area contributed by atoms with Crippen LogP contribution >= 0.6 is 11.8 Å². The van der Waals surface area contributed by atoms with Gasteiger partial charge in [-0.2, -0.15) is 11.8 Å². The molecule has 1 fully saturated rings. The molecule has 0 aliphatic carbocycles. The number of benzene rings is 2. The normalized spacial score (nSPS) is 14.5. The molecule has 0 spiro atoms. The minimum Gasteiger partial charge on any atom is -0.370 e. The van der Waals surface area contributed by atoms with Crippen LogP contribution in [-0.4, -0.2) is 25.3 Å². The van der Waals surface area contributed by atoms with Crippen molar-refractivity contribution in [1.29, 1.82) is 0 Å². The molecule has 0 atom stereocenters. The van der Waals surface area contributed by atoms with Crippen molar-refractivity contribution in [2.24, 2.45) is 0 Å². The second-order valence-corrected chi connectivity index (χ2v) is 7.01. The van der Waals surface area contributed by atoms with E-state index < -0.39 is 0 Å². The molecule has 1 N–H and O–H groups in total. The highest BCUT2D eigenvalue weighted by Gasteiger charge is 2.16. The number of thioether (sulfide) groups is 1. The molecule has 1 aliphatic rings. The van der Waals surface area contributed by atoms with Gasteiger partial charge in [0, 0.05) is 24.4 Å². The van der Waals surface area contributed by atoms with E-state index in [2.05, 4.69) is 22.5 Å². The topological polar surface area (TPSA) is 32.3 Å². The lowest BCUT2D eigenvalue weighted by molar-refractivity contribution is 0.102. The van der Waals surface area contributed by atoms with Gasteiger partial charge in [-0.1, -0.05) is 24.3 Å². The number of amides is 1. The third-order valence-corrected chi connectivity index (χ3v) is 5.00. The Labute approximate surface area is 148 Å². The van der Waals surface area contributed by atoms with Gasteiger partial charge < -0.3 is 10.2 Å². The molecule has 4 heteroatoms. The lowest BCUT2D eigenvalue weighted by Gasteiger charge is -2.30. The summed E-state index contributed by atoms with van der Waals surface area (Å²) in [6.45, 7) is 2.13. The molecule has 0 aromatic heterocycles. The first-order valence-electron chi connectivity index (χ1n) is 8.51. The largest absolute Gasteiger partial charge is 0.370 e. The van der Waals surface area contributed by atoms with E-state index in [1.54, 1.807) is 11.8 Å².